The van der Waals surface area contributed by atoms with Crippen molar-refractivity contribution in [1.29, 1.82) is 0 Å². The number of aromatic carboxylic acids is 1. The summed E-state index contributed by atoms with van der Waals surface area (Å²) < 4.78 is 0.718. The fraction of sp³-hybridized carbons (Fsp3) is 0.600. The largest absolute Gasteiger partial charge is 0.478 e. The van der Waals surface area contributed by atoms with Gasteiger partial charge in [-0.3, -0.25) is 0 Å². The number of pyridine rings is 1. The van der Waals surface area contributed by atoms with Crippen molar-refractivity contribution in [3.8, 4) is 0 Å². The van der Waals surface area contributed by atoms with Crippen LogP contribution in [-0.4, -0.2) is 28.6 Å². The average molecular weight is 339 g/mol. The maximum absolute atomic E-state index is 11.5. The lowest BCUT2D eigenvalue weighted by atomic mass is 9.96. The van der Waals surface area contributed by atoms with Crippen molar-refractivity contribution < 1.29 is 9.90 Å². The van der Waals surface area contributed by atoms with E-state index in [0.29, 0.717) is 23.3 Å². The standard InChI is InChI=1S/C15H19BrN2O2/c16-11-8-12(15(19)20)14(17-9-11)18-7-3-6-13(18)10-4-1-2-5-10/h8-10,13H,1-7H2,(H,19,20). The van der Waals surface area contributed by atoms with Gasteiger partial charge in [-0.1, -0.05) is 12.8 Å². The van der Waals surface area contributed by atoms with Crippen LogP contribution in [0.2, 0.25) is 0 Å². The predicted octanol–water partition coefficient (Wildman–Crippen LogP) is 3.70. The van der Waals surface area contributed by atoms with Crippen LogP contribution < -0.4 is 4.90 Å². The maximum atomic E-state index is 11.5. The van der Waals surface area contributed by atoms with E-state index in [1.54, 1.807) is 12.3 Å². The van der Waals surface area contributed by atoms with Gasteiger partial charge in [0.05, 0.1) is 0 Å². The lowest BCUT2D eigenvalue weighted by Gasteiger charge is -2.31. The van der Waals surface area contributed by atoms with Gasteiger partial charge in [0.25, 0.3) is 0 Å². The summed E-state index contributed by atoms with van der Waals surface area (Å²) in [6.07, 6.45) is 9.19. The molecule has 1 aromatic rings. The Hall–Kier alpha value is -1.10. The normalized spacial score (nSPS) is 23.4. The van der Waals surface area contributed by atoms with Crippen molar-refractivity contribution in [3.63, 3.8) is 0 Å². The van der Waals surface area contributed by atoms with E-state index in [1.807, 2.05) is 0 Å². The molecule has 108 valence electrons. The summed E-state index contributed by atoms with van der Waals surface area (Å²) in [5.41, 5.74) is 0.310. The van der Waals surface area contributed by atoms with Gasteiger partial charge in [0.1, 0.15) is 11.4 Å². The molecule has 2 aliphatic rings. The average Bonchev–Trinajstić information content (AvgIpc) is 3.09. The topological polar surface area (TPSA) is 53.4 Å². The smallest absolute Gasteiger partial charge is 0.339 e. The van der Waals surface area contributed by atoms with Gasteiger partial charge >= 0.3 is 5.97 Å². The summed E-state index contributed by atoms with van der Waals surface area (Å²) in [4.78, 5) is 18.1. The number of aromatic nitrogens is 1. The molecule has 0 amide bonds. The van der Waals surface area contributed by atoms with Gasteiger partial charge in [-0.2, -0.15) is 0 Å². The first-order valence-electron chi connectivity index (χ1n) is 7.32. The Bertz CT molecular complexity index is 515. The molecule has 0 aromatic carbocycles. The molecule has 20 heavy (non-hydrogen) atoms. The molecule has 3 rings (SSSR count). The monoisotopic (exact) mass is 338 g/mol. The number of halogens is 1. The lowest BCUT2D eigenvalue weighted by Crippen LogP contribution is -2.36. The molecule has 1 aromatic heterocycles. The Kier molecular flexibility index (Phi) is 3.96. The van der Waals surface area contributed by atoms with Gasteiger partial charge in [-0.15, -0.1) is 0 Å². The third kappa shape index (κ3) is 2.55. The second-order valence-corrected chi connectivity index (χ2v) is 6.69. The van der Waals surface area contributed by atoms with Crippen LogP contribution in [0.5, 0.6) is 0 Å². The summed E-state index contributed by atoms with van der Waals surface area (Å²) in [7, 11) is 0. The van der Waals surface area contributed by atoms with E-state index in [4.69, 9.17) is 0 Å². The number of hydrogen-bond donors (Lipinski definition) is 1. The molecule has 1 atom stereocenters. The van der Waals surface area contributed by atoms with Crippen molar-refractivity contribution in [3.05, 3.63) is 22.3 Å². The van der Waals surface area contributed by atoms with Crippen LogP contribution >= 0.6 is 15.9 Å². The molecular weight excluding hydrogens is 320 g/mol. The molecule has 0 radical (unpaired) electrons. The first-order valence-corrected chi connectivity index (χ1v) is 8.11. The Morgan fingerprint density at radius 2 is 2.05 bits per heavy atom. The minimum absolute atomic E-state index is 0.310. The highest BCUT2D eigenvalue weighted by Gasteiger charge is 2.35. The number of carbonyl (C=O) groups is 1. The van der Waals surface area contributed by atoms with E-state index in [1.165, 1.54) is 32.1 Å². The van der Waals surface area contributed by atoms with Crippen LogP contribution in [0.4, 0.5) is 5.82 Å². The summed E-state index contributed by atoms with van der Waals surface area (Å²) >= 11 is 3.31. The Morgan fingerprint density at radius 1 is 1.30 bits per heavy atom. The highest BCUT2D eigenvalue weighted by atomic mass is 79.9. The number of rotatable bonds is 3. The second-order valence-electron chi connectivity index (χ2n) is 5.78. The van der Waals surface area contributed by atoms with E-state index in [0.717, 1.165) is 17.4 Å². The highest BCUT2D eigenvalue weighted by Crippen LogP contribution is 2.38. The first kappa shape index (κ1) is 13.9. The zero-order chi connectivity index (χ0) is 14.1. The fourth-order valence-electron chi connectivity index (χ4n) is 3.71. The van der Waals surface area contributed by atoms with Crippen LogP contribution in [0.1, 0.15) is 48.9 Å². The Balaban J connectivity index is 1.92. The summed E-state index contributed by atoms with van der Waals surface area (Å²) in [5, 5.41) is 9.41. The number of carboxylic acid groups (broad SMARTS) is 1. The molecule has 1 aliphatic heterocycles. The maximum Gasteiger partial charge on any atom is 0.339 e. The van der Waals surface area contributed by atoms with Gasteiger partial charge in [0, 0.05) is 23.3 Å². The molecule has 1 saturated heterocycles. The van der Waals surface area contributed by atoms with Crippen LogP contribution in [0.3, 0.4) is 0 Å². The number of hydrogen-bond acceptors (Lipinski definition) is 3. The van der Waals surface area contributed by atoms with Crippen molar-refractivity contribution in [2.75, 3.05) is 11.4 Å². The highest BCUT2D eigenvalue weighted by molar-refractivity contribution is 9.10. The van der Waals surface area contributed by atoms with Crippen LogP contribution in [-0.2, 0) is 0 Å². The molecule has 2 heterocycles. The van der Waals surface area contributed by atoms with Gasteiger partial charge in [0.15, 0.2) is 0 Å². The fourth-order valence-corrected chi connectivity index (χ4v) is 4.04. The van der Waals surface area contributed by atoms with E-state index in [-0.39, 0.29) is 0 Å². The van der Waals surface area contributed by atoms with E-state index < -0.39 is 5.97 Å². The van der Waals surface area contributed by atoms with Gasteiger partial charge in [-0.25, -0.2) is 9.78 Å². The zero-order valence-corrected chi connectivity index (χ0v) is 13.0. The summed E-state index contributed by atoms with van der Waals surface area (Å²) in [5.74, 6) is 0.463. The summed E-state index contributed by atoms with van der Waals surface area (Å²) in [6, 6.07) is 2.14. The molecule has 4 nitrogen and oxygen atoms in total. The molecule has 1 aliphatic carbocycles. The first-order chi connectivity index (χ1) is 9.66. The Morgan fingerprint density at radius 3 is 2.75 bits per heavy atom. The van der Waals surface area contributed by atoms with Crippen molar-refractivity contribution in [2.24, 2.45) is 5.92 Å². The van der Waals surface area contributed by atoms with Gasteiger partial charge in [0.2, 0.25) is 0 Å². The molecule has 1 saturated carbocycles. The molecular formula is C15H19BrN2O2. The van der Waals surface area contributed by atoms with E-state index in [9.17, 15) is 9.90 Å². The molecule has 1 N–H and O–H groups in total. The van der Waals surface area contributed by atoms with Crippen LogP contribution in [0.25, 0.3) is 0 Å². The van der Waals surface area contributed by atoms with Crippen molar-refractivity contribution in [1.82, 2.24) is 4.98 Å². The van der Waals surface area contributed by atoms with Crippen molar-refractivity contribution in [2.45, 2.75) is 44.6 Å². The second kappa shape index (κ2) is 5.72. The lowest BCUT2D eigenvalue weighted by molar-refractivity contribution is 0.0697. The molecule has 1 unspecified atom stereocenters. The van der Waals surface area contributed by atoms with Crippen LogP contribution in [0, 0.1) is 5.92 Å². The molecule has 5 heteroatoms. The number of carboxylic acids is 1. The van der Waals surface area contributed by atoms with Gasteiger partial charge < -0.3 is 10.0 Å². The SMILES string of the molecule is O=C(O)c1cc(Br)cnc1N1CCCC1C1CCCC1. The predicted molar refractivity (Wildman–Crippen MR) is 81.2 cm³/mol. The van der Waals surface area contributed by atoms with E-state index in [2.05, 4.69) is 25.8 Å². The molecule has 0 spiro atoms. The molecule has 2 fully saturated rings. The Labute approximate surface area is 127 Å². The number of anilines is 1. The minimum atomic E-state index is -0.897. The van der Waals surface area contributed by atoms with Crippen molar-refractivity contribution >= 4 is 27.7 Å². The zero-order valence-electron chi connectivity index (χ0n) is 11.4. The van der Waals surface area contributed by atoms with E-state index >= 15 is 0 Å². The van der Waals surface area contributed by atoms with Crippen LogP contribution in [0.15, 0.2) is 16.7 Å². The minimum Gasteiger partial charge on any atom is -0.478 e. The quantitative estimate of drug-likeness (QED) is 0.912. The molecule has 0 bridgehead atoms. The number of nitrogens with zero attached hydrogens (tertiary/aromatic N) is 2. The summed E-state index contributed by atoms with van der Waals surface area (Å²) in [6.45, 7) is 0.927. The van der Waals surface area contributed by atoms with Gasteiger partial charge in [-0.05, 0) is 53.6 Å². The third-order valence-corrected chi connectivity index (χ3v) is 5.01. The third-order valence-electron chi connectivity index (χ3n) is 4.58.